The Bertz CT molecular complexity index is 1100. The van der Waals surface area contributed by atoms with Crippen LogP contribution in [0.1, 0.15) is 53.2 Å². The third kappa shape index (κ3) is 3.69. The number of carbonyl (C=O) groups is 1. The first-order valence-corrected chi connectivity index (χ1v) is 9.88. The van der Waals surface area contributed by atoms with Gasteiger partial charge in [-0.15, -0.1) is 0 Å². The summed E-state index contributed by atoms with van der Waals surface area (Å²) in [5.41, 5.74) is 2.73. The second-order valence-corrected chi connectivity index (χ2v) is 8.22. The Morgan fingerprint density at radius 3 is 2.41 bits per heavy atom. The monoisotopic (exact) mass is 439 g/mol. The fourth-order valence-corrected chi connectivity index (χ4v) is 4.56. The van der Waals surface area contributed by atoms with Crippen LogP contribution in [-0.2, 0) is 0 Å². The maximum Gasteiger partial charge on any atom is 0.337 e. The molecule has 152 valence electrons. The highest BCUT2D eigenvalue weighted by molar-refractivity contribution is 6.35. The first kappa shape index (κ1) is 20.0. The molecule has 2 heterocycles. The summed E-state index contributed by atoms with van der Waals surface area (Å²) in [5, 5.41) is 14.8. The normalized spacial score (nSPS) is 17.0. The molecule has 3 aromatic rings. The van der Waals surface area contributed by atoms with Gasteiger partial charge in [-0.25, -0.2) is 23.1 Å². The number of aryl methyl sites for hydroxylation is 1. The molecule has 1 fully saturated rings. The largest absolute Gasteiger partial charge is 0.478 e. The van der Waals surface area contributed by atoms with Crippen LogP contribution in [0.25, 0.3) is 16.9 Å². The number of hydrogen-bond donors (Lipinski definition) is 1. The summed E-state index contributed by atoms with van der Waals surface area (Å²) in [6.07, 6.45) is 1.09. The lowest BCUT2D eigenvalue weighted by molar-refractivity contribution is -0.0382. The Morgan fingerprint density at radius 2 is 1.83 bits per heavy atom. The molecule has 1 aliphatic carbocycles. The molecule has 0 spiro atoms. The van der Waals surface area contributed by atoms with E-state index < -0.39 is 11.9 Å². The van der Waals surface area contributed by atoms with Crippen molar-refractivity contribution in [3.63, 3.8) is 0 Å². The van der Waals surface area contributed by atoms with Crippen molar-refractivity contribution in [2.45, 2.75) is 44.4 Å². The summed E-state index contributed by atoms with van der Waals surface area (Å²) in [6.45, 7) is 1.78. The number of rotatable bonds is 3. The lowest BCUT2D eigenvalue weighted by atomic mass is 9.81. The van der Waals surface area contributed by atoms with Crippen LogP contribution >= 0.6 is 23.2 Å². The molecule has 0 atom stereocenters. The summed E-state index contributed by atoms with van der Waals surface area (Å²) in [4.78, 5) is 16.4. The maximum atomic E-state index is 13.7. The van der Waals surface area contributed by atoms with Crippen LogP contribution in [-0.4, -0.2) is 31.6 Å². The van der Waals surface area contributed by atoms with Gasteiger partial charge in [-0.05, 0) is 43.9 Å². The predicted molar refractivity (Wildman–Crippen MR) is 106 cm³/mol. The molecule has 9 heteroatoms. The molecule has 5 nitrogen and oxygen atoms in total. The van der Waals surface area contributed by atoms with Crippen molar-refractivity contribution in [3.8, 4) is 11.3 Å². The number of imidazole rings is 1. The van der Waals surface area contributed by atoms with Gasteiger partial charge in [0, 0.05) is 34.0 Å². The van der Waals surface area contributed by atoms with E-state index in [-0.39, 0.29) is 37.2 Å². The Hall–Kier alpha value is -2.25. The number of aromatic nitrogens is 3. The van der Waals surface area contributed by atoms with Gasteiger partial charge in [0.15, 0.2) is 5.65 Å². The lowest BCUT2D eigenvalue weighted by Gasteiger charge is -2.29. The number of fused-ring (bicyclic) bond motifs is 1. The standard InChI is InChI=1S/C20H17Cl2F2N3O2/c1-10-17(12-6-13(21)8-14(22)7-12)27-18(26-10)16(15(9-25-27)19(28)29)11-2-4-20(23,24)5-3-11/h6-9,11H,2-5H2,1H3,(H,28,29). The van der Waals surface area contributed by atoms with Gasteiger partial charge in [0.2, 0.25) is 5.92 Å². The van der Waals surface area contributed by atoms with E-state index in [1.807, 2.05) is 0 Å². The second kappa shape index (κ2) is 7.22. The zero-order valence-corrected chi connectivity index (χ0v) is 16.9. The summed E-state index contributed by atoms with van der Waals surface area (Å²) in [6, 6.07) is 5.05. The second-order valence-electron chi connectivity index (χ2n) is 7.35. The fraction of sp³-hybridized carbons (Fsp3) is 0.350. The van der Waals surface area contributed by atoms with Gasteiger partial charge in [0.1, 0.15) is 0 Å². The maximum absolute atomic E-state index is 13.7. The number of halogens is 4. The highest BCUT2D eigenvalue weighted by Gasteiger charge is 2.38. The number of benzene rings is 1. The average molecular weight is 440 g/mol. The van der Waals surface area contributed by atoms with Crippen molar-refractivity contribution < 1.29 is 18.7 Å². The van der Waals surface area contributed by atoms with E-state index in [1.165, 1.54) is 6.20 Å². The van der Waals surface area contributed by atoms with Crippen LogP contribution in [0, 0.1) is 6.92 Å². The van der Waals surface area contributed by atoms with Crippen LogP contribution < -0.4 is 0 Å². The summed E-state index contributed by atoms with van der Waals surface area (Å²) < 4.78 is 28.9. The van der Waals surface area contributed by atoms with E-state index in [0.29, 0.717) is 38.2 Å². The number of carboxylic acid groups (broad SMARTS) is 1. The molecule has 0 saturated heterocycles. The topological polar surface area (TPSA) is 67.5 Å². The zero-order chi connectivity index (χ0) is 20.9. The summed E-state index contributed by atoms with van der Waals surface area (Å²) >= 11 is 12.3. The van der Waals surface area contributed by atoms with Gasteiger partial charge in [0.25, 0.3) is 0 Å². The van der Waals surface area contributed by atoms with E-state index in [9.17, 15) is 18.7 Å². The first-order valence-electron chi connectivity index (χ1n) is 9.12. The summed E-state index contributed by atoms with van der Waals surface area (Å²) in [5.74, 6) is -4.19. The van der Waals surface area contributed by atoms with Crippen LogP contribution in [0.3, 0.4) is 0 Å². The van der Waals surface area contributed by atoms with Gasteiger partial charge in [0.05, 0.1) is 23.1 Å². The van der Waals surface area contributed by atoms with E-state index in [2.05, 4.69) is 10.1 Å². The van der Waals surface area contributed by atoms with Gasteiger partial charge in [-0.3, -0.25) is 0 Å². The molecule has 29 heavy (non-hydrogen) atoms. The number of nitrogens with zero attached hydrogens (tertiary/aromatic N) is 3. The first-order chi connectivity index (χ1) is 13.7. The van der Waals surface area contributed by atoms with Crippen molar-refractivity contribution in [1.29, 1.82) is 0 Å². The number of aromatic carboxylic acids is 1. The molecule has 4 rings (SSSR count). The molecule has 1 saturated carbocycles. The Balaban J connectivity index is 1.93. The van der Waals surface area contributed by atoms with Crippen LogP contribution in [0.2, 0.25) is 10.0 Å². The molecule has 0 radical (unpaired) electrons. The van der Waals surface area contributed by atoms with E-state index in [1.54, 1.807) is 29.6 Å². The zero-order valence-electron chi connectivity index (χ0n) is 15.4. The lowest BCUT2D eigenvalue weighted by Crippen LogP contribution is -2.25. The minimum atomic E-state index is -2.71. The molecule has 0 aliphatic heterocycles. The fourth-order valence-electron chi connectivity index (χ4n) is 4.03. The quantitative estimate of drug-likeness (QED) is 0.542. The minimum Gasteiger partial charge on any atom is -0.478 e. The smallest absolute Gasteiger partial charge is 0.337 e. The number of hydrogen-bond acceptors (Lipinski definition) is 3. The predicted octanol–water partition coefficient (Wildman–Crippen LogP) is 6.00. The minimum absolute atomic E-state index is 0.00612. The van der Waals surface area contributed by atoms with E-state index in [4.69, 9.17) is 23.2 Å². The molecular formula is C20H17Cl2F2N3O2. The highest BCUT2D eigenvalue weighted by Crippen LogP contribution is 2.43. The van der Waals surface area contributed by atoms with Crippen molar-refractivity contribution >= 4 is 34.8 Å². The van der Waals surface area contributed by atoms with E-state index in [0.717, 1.165) is 0 Å². The molecule has 2 aromatic heterocycles. The summed E-state index contributed by atoms with van der Waals surface area (Å²) in [7, 11) is 0. The van der Waals surface area contributed by atoms with Crippen molar-refractivity contribution in [3.05, 3.63) is 51.3 Å². The van der Waals surface area contributed by atoms with Crippen molar-refractivity contribution in [2.75, 3.05) is 0 Å². The third-order valence-corrected chi connectivity index (χ3v) is 5.79. The molecular weight excluding hydrogens is 423 g/mol. The Morgan fingerprint density at radius 1 is 1.21 bits per heavy atom. The Labute approximate surface area is 175 Å². The van der Waals surface area contributed by atoms with Crippen molar-refractivity contribution in [1.82, 2.24) is 14.6 Å². The van der Waals surface area contributed by atoms with Gasteiger partial charge in [-0.2, -0.15) is 5.10 Å². The van der Waals surface area contributed by atoms with Crippen LogP contribution in [0.5, 0.6) is 0 Å². The average Bonchev–Trinajstić information content (AvgIpc) is 2.96. The molecule has 0 amide bonds. The van der Waals surface area contributed by atoms with Gasteiger partial charge in [-0.1, -0.05) is 23.2 Å². The van der Waals surface area contributed by atoms with Gasteiger partial charge >= 0.3 is 5.97 Å². The highest BCUT2D eigenvalue weighted by atomic mass is 35.5. The SMILES string of the molecule is Cc1nc2c(C3CCC(F)(F)CC3)c(C(=O)O)cnn2c1-c1cc(Cl)cc(Cl)c1. The van der Waals surface area contributed by atoms with Crippen LogP contribution in [0.15, 0.2) is 24.4 Å². The number of carboxylic acids is 1. The van der Waals surface area contributed by atoms with Crippen molar-refractivity contribution in [2.24, 2.45) is 0 Å². The molecule has 1 aromatic carbocycles. The van der Waals surface area contributed by atoms with Crippen LogP contribution in [0.4, 0.5) is 8.78 Å². The molecule has 1 aliphatic rings. The molecule has 0 bridgehead atoms. The molecule has 0 unspecified atom stereocenters. The van der Waals surface area contributed by atoms with E-state index >= 15 is 0 Å². The van der Waals surface area contributed by atoms with Gasteiger partial charge < -0.3 is 5.11 Å². The third-order valence-electron chi connectivity index (χ3n) is 5.35. The number of alkyl halides is 2. The molecule has 1 N–H and O–H groups in total. The Kier molecular flexibility index (Phi) is 4.99.